The monoisotopic (exact) mass is 331 g/mol. The first-order valence-corrected chi connectivity index (χ1v) is 7.51. The molecule has 2 rings (SSSR count). The molecule has 0 aliphatic heterocycles. The van der Waals surface area contributed by atoms with Crippen LogP contribution < -0.4 is 10.6 Å². The fourth-order valence-corrected chi connectivity index (χ4v) is 2.11. The van der Waals surface area contributed by atoms with Gasteiger partial charge in [0, 0.05) is 12.7 Å². The molecule has 2 N–H and O–H groups in total. The maximum Gasteiger partial charge on any atom is 0.244 e. The molecule has 0 fully saturated rings. The lowest BCUT2D eigenvalue weighted by molar-refractivity contribution is -0.131. The first-order valence-electron chi connectivity index (χ1n) is 7.13. The summed E-state index contributed by atoms with van der Waals surface area (Å²) in [7, 11) is 1.58. The molecular formula is C17H18ClN3O2. The van der Waals surface area contributed by atoms with Gasteiger partial charge in [0.1, 0.15) is 0 Å². The molecule has 0 heterocycles. The highest BCUT2D eigenvalue weighted by molar-refractivity contribution is 6.33. The van der Waals surface area contributed by atoms with Crippen LogP contribution in [-0.4, -0.2) is 36.9 Å². The Kier molecular flexibility index (Phi) is 6.00. The Morgan fingerprint density at radius 2 is 1.70 bits per heavy atom. The van der Waals surface area contributed by atoms with Gasteiger partial charge in [0.2, 0.25) is 11.8 Å². The number of amides is 2. The number of nitrogens with zero attached hydrogens (tertiary/aromatic N) is 1. The lowest BCUT2D eigenvalue weighted by Gasteiger charge is -2.17. The maximum absolute atomic E-state index is 12.0. The molecule has 0 unspecified atom stereocenters. The summed E-state index contributed by atoms with van der Waals surface area (Å²) in [6, 6.07) is 16.4. The van der Waals surface area contributed by atoms with Crippen LogP contribution in [0.15, 0.2) is 54.6 Å². The van der Waals surface area contributed by atoms with E-state index < -0.39 is 0 Å². The molecule has 0 aliphatic rings. The van der Waals surface area contributed by atoms with Crippen molar-refractivity contribution in [1.29, 1.82) is 0 Å². The van der Waals surface area contributed by atoms with Crippen molar-refractivity contribution in [2.45, 2.75) is 0 Å². The molecule has 2 amide bonds. The predicted octanol–water partition coefficient (Wildman–Crippen LogP) is 2.85. The number of nitrogens with one attached hydrogen (secondary N) is 2. The van der Waals surface area contributed by atoms with E-state index in [-0.39, 0.29) is 24.9 Å². The quantitative estimate of drug-likeness (QED) is 0.855. The zero-order valence-corrected chi connectivity index (χ0v) is 13.5. The number of halogens is 1. The molecule has 0 spiro atoms. The summed E-state index contributed by atoms with van der Waals surface area (Å²) in [4.78, 5) is 25.4. The van der Waals surface area contributed by atoms with Crippen molar-refractivity contribution in [3.63, 3.8) is 0 Å². The number of carbonyl (C=O) groups is 2. The number of para-hydroxylation sites is 2. The molecule has 0 bridgehead atoms. The van der Waals surface area contributed by atoms with Gasteiger partial charge in [-0.2, -0.15) is 0 Å². The molecule has 0 saturated carbocycles. The summed E-state index contributed by atoms with van der Waals surface area (Å²) >= 11 is 5.98. The Bertz CT molecular complexity index is 677. The number of anilines is 2. The Labute approximate surface area is 140 Å². The van der Waals surface area contributed by atoms with E-state index in [2.05, 4.69) is 10.6 Å². The number of rotatable bonds is 6. The van der Waals surface area contributed by atoms with Crippen LogP contribution in [0.2, 0.25) is 5.02 Å². The van der Waals surface area contributed by atoms with E-state index in [9.17, 15) is 9.59 Å². The Morgan fingerprint density at radius 3 is 2.39 bits per heavy atom. The lowest BCUT2D eigenvalue weighted by atomic mass is 10.3. The van der Waals surface area contributed by atoms with Crippen LogP contribution >= 0.6 is 11.6 Å². The lowest BCUT2D eigenvalue weighted by Crippen LogP contribution is -2.38. The molecule has 0 aliphatic carbocycles. The van der Waals surface area contributed by atoms with Crippen LogP contribution in [0.25, 0.3) is 0 Å². The van der Waals surface area contributed by atoms with E-state index in [1.165, 1.54) is 4.90 Å². The van der Waals surface area contributed by atoms with Gasteiger partial charge in [-0.05, 0) is 24.3 Å². The summed E-state index contributed by atoms with van der Waals surface area (Å²) in [5.41, 5.74) is 1.39. The smallest absolute Gasteiger partial charge is 0.244 e. The summed E-state index contributed by atoms with van der Waals surface area (Å²) < 4.78 is 0. The van der Waals surface area contributed by atoms with Crippen molar-refractivity contribution >= 4 is 34.8 Å². The number of benzene rings is 2. The second-order valence-corrected chi connectivity index (χ2v) is 5.40. The summed E-state index contributed by atoms with van der Waals surface area (Å²) in [5, 5.41) is 6.16. The van der Waals surface area contributed by atoms with Crippen molar-refractivity contribution in [3.05, 3.63) is 59.6 Å². The van der Waals surface area contributed by atoms with Crippen molar-refractivity contribution in [2.75, 3.05) is 30.8 Å². The maximum atomic E-state index is 12.0. The average molecular weight is 332 g/mol. The summed E-state index contributed by atoms with van der Waals surface area (Å²) in [5.74, 6) is -0.475. The number of carbonyl (C=O) groups excluding carboxylic acids is 2. The standard InChI is InChI=1S/C17H18ClN3O2/c1-21(17(23)11-19-13-7-3-2-4-8-13)12-16(22)20-15-10-6-5-9-14(15)18/h2-10,19H,11-12H2,1H3,(H,20,22). The van der Waals surface area contributed by atoms with Gasteiger partial charge in [-0.1, -0.05) is 41.9 Å². The van der Waals surface area contributed by atoms with Crippen molar-refractivity contribution in [1.82, 2.24) is 4.90 Å². The first-order chi connectivity index (χ1) is 11.1. The van der Waals surface area contributed by atoms with Gasteiger partial charge in [-0.25, -0.2) is 0 Å². The number of hydrogen-bond acceptors (Lipinski definition) is 3. The van der Waals surface area contributed by atoms with Gasteiger partial charge in [0.05, 0.1) is 23.8 Å². The number of hydrogen-bond donors (Lipinski definition) is 2. The molecule has 0 aromatic heterocycles. The summed E-state index contributed by atoms with van der Waals surface area (Å²) in [6.07, 6.45) is 0. The Hall–Kier alpha value is -2.53. The molecule has 2 aromatic rings. The zero-order valence-electron chi connectivity index (χ0n) is 12.8. The minimum Gasteiger partial charge on any atom is -0.376 e. The van der Waals surface area contributed by atoms with Crippen LogP contribution in [0, 0.1) is 0 Å². The molecule has 23 heavy (non-hydrogen) atoms. The largest absolute Gasteiger partial charge is 0.376 e. The molecular weight excluding hydrogens is 314 g/mol. The minimum atomic E-state index is -0.298. The highest BCUT2D eigenvalue weighted by Crippen LogP contribution is 2.20. The van der Waals surface area contributed by atoms with Crippen LogP contribution in [-0.2, 0) is 9.59 Å². The van der Waals surface area contributed by atoms with Crippen LogP contribution in [0.4, 0.5) is 11.4 Å². The molecule has 6 heteroatoms. The van der Waals surface area contributed by atoms with Crippen molar-refractivity contribution < 1.29 is 9.59 Å². The Morgan fingerprint density at radius 1 is 1.04 bits per heavy atom. The van der Waals surface area contributed by atoms with E-state index in [4.69, 9.17) is 11.6 Å². The fraction of sp³-hybridized carbons (Fsp3) is 0.176. The third-order valence-electron chi connectivity index (χ3n) is 3.17. The van der Waals surface area contributed by atoms with E-state index >= 15 is 0 Å². The fourth-order valence-electron chi connectivity index (χ4n) is 1.92. The molecule has 5 nitrogen and oxygen atoms in total. The topological polar surface area (TPSA) is 61.4 Å². The second kappa shape index (κ2) is 8.19. The molecule has 2 aromatic carbocycles. The molecule has 0 atom stereocenters. The third-order valence-corrected chi connectivity index (χ3v) is 3.50. The summed E-state index contributed by atoms with van der Waals surface area (Å²) in [6.45, 7) is 0.0837. The average Bonchev–Trinajstić information content (AvgIpc) is 2.55. The van der Waals surface area contributed by atoms with Gasteiger partial charge in [-0.3, -0.25) is 9.59 Å². The van der Waals surface area contributed by atoms with Gasteiger partial charge in [0.15, 0.2) is 0 Å². The van der Waals surface area contributed by atoms with Crippen LogP contribution in [0.5, 0.6) is 0 Å². The SMILES string of the molecule is CN(CC(=O)Nc1ccccc1Cl)C(=O)CNc1ccccc1. The van der Waals surface area contributed by atoms with E-state index in [0.717, 1.165) is 5.69 Å². The zero-order chi connectivity index (χ0) is 16.7. The van der Waals surface area contributed by atoms with Crippen molar-refractivity contribution in [2.24, 2.45) is 0 Å². The van der Waals surface area contributed by atoms with E-state index in [1.54, 1.807) is 31.3 Å². The predicted molar refractivity (Wildman–Crippen MR) is 92.7 cm³/mol. The number of likely N-dealkylation sites (N-methyl/N-ethyl adjacent to an activating group) is 1. The second-order valence-electron chi connectivity index (χ2n) is 5.00. The molecule has 120 valence electrons. The first kappa shape index (κ1) is 16.8. The highest BCUT2D eigenvalue weighted by atomic mass is 35.5. The van der Waals surface area contributed by atoms with Gasteiger partial charge >= 0.3 is 0 Å². The third kappa shape index (κ3) is 5.30. The molecule has 0 saturated heterocycles. The van der Waals surface area contributed by atoms with Crippen molar-refractivity contribution in [3.8, 4) is 0 Å². The van der Waals surface area contributed by atoms with Crippen LogP contribution in [0.1, 0.15) is 0 Å². The van der Waals surface area contributed by atoms with Crippen LogP contribution in [0.3, 0.4) is 0 Å². The van der Waals surface area contributed by atoms with Gasteiger partial charge in [0.25, 0.3) is 0 Å². The van der Waals surface area contributed by atoms with Gasteiger partial charge in [-0.15, -0.1) is 0 Å². The normalized spacial score (nSPS) is 10.0. The molecule has 0 radical (unpaired) electrons. The van der Waals surface area contributed by atoms with Gasteiger partial charge < -0.3 is 15.5 Å². The minimum absolute atomic E-state index is 0.0411. The van der Waals surface area contributed by atoms with E-state index in [0.29, 0.717) is 10.7 Å². The highest BCUT2D eigenvalue weighted by Gasteiger charge is 2.13. The Balaban J connectivity index is 1.81. The van der Waals surface area contributed by atoms with E-state index in [1.807, 2.05) is 30.3 Å².